The number of carbonyl (C=O) groups is 2. The average molecular weight is 499 g/mol. The third kappa shape index (κ3) is 6.93. The molecule has 1 atom stereocenters. The monoisotopic (exact) mass is 498 g/mol. The number of benzene rings is 2. The average Bonchev–Trinajstić information content (AvgIpc) is 3.28. The molecule has 0 spiro atoms. The van der Waals surface area contributed by atoms with Crippen molar-refractivity contribution in [2.45, 2.75) is 83.8 Å². The van der Waals surface area contributed by atoms with Gasteiger partial charge in [-0.1, -0.05) is 79.0 Å². The molecular weight excluding hydrogens is 464 g/mol. The number of carbonyl (C=O) groups excluding carboxylic acids is 2. The summed E-state index contributed by atoms with van der Waals surface area (Å²) in [4.78, 5) is 28.0. The molecule has 4 nitrogen and oxygen atoms in total. The smallest absolute Gasteiger partial charge is 0.242 e. The summed E-state index contributed by atoms with van der Waals surface area (Å²) in [6.07, 6.45) is 5.44. The molecule has 2 aromatic carbocycles. The van der Waals surface area contributed by atoms with Crippen molar-refractivity contribution in [3.63, 3.8) is 0 Å². The van der Waals surface area contributed by atoms with Crippen LogP contribution >= 0.6 is 15.9 Å². The van der Waals surface area contributed by atoms with Crippen LogP contribution in [0.4, 0.5) is 0 Å². The van der Waals surface area contributed by atoms with Gasteiger partial charge in [-0.15, -0.1) is 0 Å². The standard InChI is InChI=1S/C27H35BrN2O2/c1-19(2)23-14-11-21(12-15-23)13-16-26(31)30(18-22-7-6-8-24(28)17-22)20(3)27(32)29-25-9-4-5-10-25/h6-8,11-12,14-15,17,19-20,25H,4-5,9-10,13,16,18H2,1-3H3,(H,29,32)/t20-/m0/s1. The van der Waals surface area contributed by atoms with E-state index in [0.29, 0.717) is 25.3 Å². The first-order chi connectivity index (χ1) is 15.3. The number of nitrogens with one attached hydrogen (secondary N) is 1. The largest absolute Gasteiger partial charge is 0.352 e. The van der Waals surface area contributed by atoms with Crippen LogP contribution in [0.5, 0.6) is 0 Å². The topological polar surface area (TPSA) is 49.4 Å². The number of amides is 2. The Balaban J connectivity index is 1.69. The fraction of sp³-hybridized carbons (Fsp3) is 0.481. The zero-order chi connectivity index (χ0) is 23.1. The summed E-state index contributed by atoms with van der Waals surface area (Å²) in [6, 6.07) is 16.2. The Morgan fingerprint density at radius 3 is 2.34 bits per heavy atom. The van der Waals surface area contributed by atoms with Crippen molar-refractivity contribution in [1.29, 1.82) is 0 Å². The molecule has 1 N–H and O–H groups in total. The predicted octanol–water partition coefficient (Wildman–Crippen LogP) is 5.98. The van der Waals surface area contributed by atoms with Crippen LogP contribution < -0.4 is 5.32 Å². The zero-order valence-corrected chi connectivity index (χ0v) is 21.0. The van der Waals surface area contributed by atoms with E-state index >= 15 is 0 Å². The summed E-state index contributed by atoms with van der Waals surface area (Å²) in [5.41, 5.74) is 3.45. The quantitative estimate of drug-likeness (QED) is 0.462. The molecule has 172 valence electrons. The van der Waals surface area contributed by atoms with Gasteiger partial charge in [0.1, 0.15) is 6.04 Å². The highest BCUT2D eigenvalue weighted by atomic mass is 79.9. The molecule has 3 rings (SSSR count). The summed E-state index contributed by atoms with van der Waals surface area (Å²) >= 11 is 3.51. The van der Waals surface area contributed by atoms with Crippen molar-refractivity contribution < 1.29 is 9.59 Å². The molecule has 0 heterocycles. The van der Waals surface area contributed by atoms with E-state index in [1.807, 2.05) is 31.2 Å². The highest BCUT2D eigenvalue weighted by Crippen LogP contribution is 2.20. The lowest BCUT2D eigenvalue weighted by molar-refractivity contribution is -0.140. The van der Waals surface area contributed by atoms with Crippen molar-refractivity contribution in [3.05, 3.63) is 69.7 Å². The maximum atomic E-state index is 13.3. The summed E-state index contributed by atoms with van der Waals surface area (Å²) in [5.74, 6) is 0.444. The highest BCUT2D eigenvalue weighted by molar-refractivity contribution is 9.10. The first kappa shape index (κ1) is 24.5. The van der Waals surface area contributed by atoms with Gasteiger partial charge in [-0.3, -0.25) is 9.59 Å². The van der Waals surface area contributed by atoms with Gasteiger partial charge in [0, 0.05) is 23.5 Å². The first-order valence-electron chi connectivity index (χ1n) is 11.8. The summed E-state index contributed by atoms with van der Waals surface area (Å²) in [7, 11) is 0. The molecule has 1 aliphatic rings. The van der Waals surface area contributed by atoms with E-state index in [0.717, 1.165) is 41.3 Å². The van der Waals surface area contributed by atoms with Gasteiger partial charge in [0.2, 0.25) is 11.8 Å². The van der Waals surface area contributed by atoms with Crippen LogP contribution in [-0.4, -0.2) is 28.8 Å². The van der Waals surface area contributed by atoms with Crippen LogP contribution in [0, 0.1) is 0 Å². The fourth-order valence-electron chi connectivity index (χ4n) is 4.27. The first-order valence-corrected chi connectivity index (χ1v) is 12.6. The van der Waals surface area contributed by atoms with Crippen LogP contribution in [0.2, 0.25) is 0 Å². The van der Waals surface area contributed by atoms with Gasteiger partial charge in [-0.2, -0.15) is 0 Å². The Labute approximate surface area is 200 Å². The molecule has 1 fully saturated rings. The van der Waals surface area contributed by atoms with Gasteiger partial charge >= 0.3 is 0 Å². The Kier molecular flexibility index (Phi) is 8.92. The Bertz CT molecular complexity index is 904. The van der Waals surface area contributed by atoms with Crippen LogP contribution in [0.25, 0.3) is 0 Å². The third-order valence-electron chi connectivity index (χ3n) is 6.38. The van der Waals surface area contributed by atoms with Crippen LogP contribution in [0.3, 0.4) is 0 Å². The number of halogens is 1. The Hall–Kier alpha value is -2.14. The molecule has 2 amide bonds. The minimum absolute atomic E-state index is 0.00647. The molecule has 0 aliphatic heterocycles. The zero-order valence-electron chi connectivity index (χ0n) is 19.4. The molecule has 32 heavy (non-hydrogen) atoms. The van der Waals surface area contributed by atoms with E-state index in [9.17, 15) is 9.59 Å². The van der Waals surface area contributed by atoms with Crippen LogP contribution in [-0.2, 0) is 22.6 Å². The minimum Gasteiger partial charge on any atom is -0.352 e. The molecule has 0 bridgehead atoms. The van der Waals surface area contributed by atoms with E-state index in [1.54, 1.807) is 4.90 Å². The fourth-order valence-corrected chi connectivity index (χ4v) is 4.72. The molecule has 0 aromatic heterocycles. The SMILES string of the molecule is CC(C)c1ccc(CCC(=O)N(Cc2cccc(Br)c2)[C@@H](C)C(=O)NC2CCCC2)cc1. The molecule has 0 unspecified atom stereocenters. The van der Waals surface area contributed by atoms with Crippen molar-refractivity contribution in [2.24, 2.45) is 0 Å². The molecular formula is C27H35BrN2O2. The second-order valence-corrected chi connectivity index (χ2v) is 10.1. The normalized spacial score (nSPS) is 15.0. The van der Waals surface area contributed by atoms with Gasteiger partial charge in [0.05, 0.1) is 0 Å². The Morgan fingerprint density at radius 1 is 1.03 bits per heavy atom. The van der Waals surface area contributed by atoms with Gasteiger partial charge in [-0.05, 0) is 60.9 Å². The van der Waals surface area contributed by atoms with E-state index in [-0.39, 0.29) is 17.9 Å². The lowest BCUT2D eigenvalue weighted by Gasteiger charge is -2.30. The van der Waals surface area contributed by atoms with Gasteiger partial charge in [-0.25, -0.2) is 0 Å². The highest BCUT2D eigenvalue weighted by Gasteiger charge is 2.28. The summed E-state index contributed by atoms with van der Waals surface area (Å²) in [5, 5.41) is 3.16. The summed E-state index contributed by atoms with van der Waals surface area (Å²) in [6.45, 7) is 6.62. The minimum atomic E-state index is -0.509. The van der Waals surface area contributed by atoms with Crippen LogP contribution in [0.15, 0.2) is 53.0 Å². The van der Waals surface area contributed by atoms with Crippen molar-refractivity contribution in [2.75, 3.05) is 0 Å². The third-order valence-corrected chi connectivity index (χ3v) is 6.88. The molecule has 5 heteroatoms. The number of nitrogens with zero attached hydrogens (tertiary/aromatic N) is 1. The number of hydrogen-bond donors (Lipinski definition) is 1. The lowest BCUT2D eigenvalue weighted by atomic mass is 10.00. The maximum Gasteiger partial charge on any atom is 0.242 e. The van der Waals surface area contributed by atoms with E-state index in [1.165, 1.54) is 5.56 Å². The lowest BCUT2D eigenvalue weighted by Crippen LogP contribution is -2.49. The van der Waals surface area contributed by atoms with Crippen molar-refractivity contribution in [3.8, 4) is 0 Å². The maximum absolute atomic E-state index is 13.3. The van der Waals surface area contributed by atoms with Gasteiger partial charge in [0.25, 0.3) is 0 Å². The molecule has 0 radical (unpaired) electrons. The molecule has 1 saturated carbocycles. The number of rotatable bonds is 9. The molecule has 0 saturated heterocycles. The van der Waals surface area contributed by atoms with E-state index in [4.69, 9.17) is 0 Å². The number of hydrogen-bond acceptors (Lipinski definition) is 2. The predicted molar refractivity (Wildman–Crippen MR) is 133 cm³/mol. The Morgan fingerprint density at radius 2 is 1.72 bits per heavy atom. The molecule has 1 aliphatic carbocycles. The van der Waals surface area contributed by atoms with Gasteiger partial charge in [0.15, 0.2) is 0 Å². The van der Waals surface area contributed by atoms with E-state index in [2.05, 4.69) is 59.4 Å². The van der Waals surface area contributed by atoms with E-state index < -0.39 is 6.04 Å². The second kappa shape index (κ2) is 11.6. The second-order valence-electron chi connectivity index (χ2n) is 9.21. The van der Waals surface area contributed by atoms with Crippen molar-refractivity contribution >= 4 is 27.7 Å². The number of aryl methyl sites for hydroxylation is 1. The molecule has 2 aromatic rings. The van der Waals surface area contributed by atoms with Crippen molar-refractivity contribution in [1.82, 2.24) is 10.2 Å². The summed E-state index contributed by atoms with van der Waals surface area (Å²) < 4.78 is 0.968. The van der Waals surface area contributed by atoms with Crippen LogP contribution in [0.1, 0.15) is 75.5 Å². The van der Waals surface area contributed by atoms with Gasteiger partial charge < -0.3 is 10.2 Å².